The Hall–Kier alpha value is -3.35. The molecule has 0 aromatic heterocycles. The van der Waals surface area contributed by atoms with E-state index in [1.165, 1.54) is 38.5 Å². The number of ether oxygens (including phenoxy) is 2. The zero-order chi connectivity index (χ0) is 19.6. The van der Waals surface area contributed by atoms with Crippen molar-refractivity contribution in [3.8, 4) is 11.5 Å². The number of amides is 2. The molecule has 1 N–H and O–H groups in total. The number of rotatable bonds is 6. The highest BCUT2D eigenvalue weighted by Crippen LogP contribution is 2.35. The van der Waals surface area contributed by atoms with Crippen molar-refractivity contribution in [3.63, 3.8) is 0 Å². The van der Waals surface area contributed by atoms with Gasteiger partial charge in [-0.15, -0.1) is 0 Å². The van der Waals surface area contributed by atoms with Crippen LogP contribution in [0.3, 0.4) is 0 Å². The molecule has 140 valence electrons. The first-order valence-electron chi connectivity index (χ1n) is 8.35. The van der Waals surface area contributed by atoms with Crippen LogP contribution in [0.15, 0.2) is 48.2 Å². The molecule has 1 aliphatic rings. The van der Waals surface area contributed by atoms with E-state index in [-0.39, 0.29) is 17.8 Å². The minimum atomic E-state index is -0.434. The standard InChI is InChI=1S/C20H19FN2O4/c1-4-23-19(24)17(12-5-10-15(26-2)16(11-12)27-3)18(20(23)25)22-14-8-6-13(21)7-9-14/h5-11,22H,4H2,1-3H3. The molecular weight excluding hydrogens is 351 g/mol. The second-order valence-corrected chi connectivity index (χ2v) is 5.81. The molecule has 0 aliphatic carbocycles. The Kier molecular flexibility index (Phi) is 5.12. The quantitative estimate of drug-likeness (QED) is 0.792. The third kappa shape index (κ3) is 3.36. The Morgan fingerprint density at radius 2 is 1.63 bits per heavy atom. The van der Waals surface area contributed by atoms with Crippen LogP contribution < -0.4 is 14.8 Å². The van der Waals surface area contributed by atoms with Crippen LogP contribution in [0.5, 0.6) is 11.5 Å². The summed E-state index contributed by atoms with van der Waals surface area (Å²) in [5.74, 6) is -0.271. The van der Waals surface area contributed by atoms with Gasteiger partial charge < -0.3 is 14.8 Å². The number of likely N-dealkylation sites (N-methyl/N-ethyl adjacent to an activating group) is 1. The molecule has 0 saturated heterocycles. The second kappa shape index (κ2) is 7.49. The molecule has 2 aromatic carbocycles. The van der Waals surface area contributed by atoms with Gasteiger partial charge in [-0.1, -0.05) is 6.07 Å². The number of halogens is 1. The van der Waals surface area contributed by atoms with Crippen LogP contribution >= 0.6 is 0 Å². The van der Waals surface area contributed by atoms with Gasteiger partial charge in [-0.25, -0.2) is 4.39 Å². The summed E-state index contributed by atoms with van der Waals surface area (Å²) in [5, 5.41) is 2.96. The Labute approximate surface area is 156 Å². The van der Waals surface area contributed by atoms with Gasteiger partial charge in [-0.2, -0.15) is 0 Å². The number of hydrogen-bond donors (Lipinski definition) is 1. The topological polar surface area (TPSA) is 67.9 Å². The average molecular weight is 370 g/mol. The molecule has 27 heavy (non-hydrogen) atoms. The minimum absolute atomic E-state index is 0.140. The molecule has 0 unspecified atom stereocenters. The van der Waals surface area contributed by atoms with E-state index in [4.69, 9.17) is 9.47 Å². The van der Waals surface area contributed by atoms with E-state index in [2.05, 4.69) is 5.32 Å². The summed E-state index contributed by atoms with van der Waals surface area (Å²) in [6, 6.07) is 10.6. The predicted molar refractivity (Wildman–Crippen MR) is 98.9 cm³/mol. The number of benzene rings is 2. The lowest BCUT2D eigenvalue weighted by molar-refractivity contribution is -0.136. The van der Waals surface area contributed by atoms with E-state index < -0.39 is 17.6 Å². The summed E-state index contributed by atoms with van der Waals surface area (Å²) >= 11 is 0. The van der Waals surface area contributed by atoms with E-state index in [9.17, 15) is 14.0 Å². The maximum Gasteiger partial charge on any atom is 0.278 e. The Balaban J connectivity index is 2.10. The lowest BCUT2D eigenvalue weighted by Gasteiger charge is -2.12. The SMILES string of the molecule is CCN1C(=O)C(Nc2ccc(F)cc2)=C(c2ccc(OC)c(OC)c2)C1=O. The number of hydrogen-bond acceptors (Lipinski definition) is 5. The van der Waals surface area contributed by atoms with E-state index >= 15 is 0 Å². The molecular formula is C20H19FN2O4. The van der Waals surface area contributed by atoms with E-state index in [1.54, 1.807) is 25.1 Å². The smallest absolute Gasteiger partial charge is 0.278 e. The van der Waals surface area contributed by atoms with Crippen molar-refractivity contribution in [2.24, 2.45) is 0 Å². The number of methoxy groups -OCH3 is 2. The third-order valence-electron chi connectivity index (χ3n) is 4.27. The van der Waals surface area contributed by atoms with E-state index in [0.29, 0.717) is 22.7 Å². The highest BCUT2D eigenvalue weighted by molar-refractivity contribution is 6.36. The maximum absolute atomic E-state index is 13.2. The molecule has 2 aromatic rings. The largest absolute Gasteiger partial charge is 0.493 e. The molecule has 0 fully saturated rings. The van der Waals surface area contributed by atoms with Crippen LogP contribution in [-0.2, 0) is 9.59 Å². The summed E-state index contributed by atoms with van der Waals surface area (Å²) in [6.07, 6.45) is 0. The van der Waals surface area contributed by atoms with Crippen molar-refractivity contribution in [2.45, 2.75) is 6.92 Å². The Morgan fingerprint density at radius 3 is 2.22 bits per heavy atom. The number of nitrogens with one attached hydrogen (secondary N) is 1. The number of imide groups is 1. The van der Waals surface area contributed by atoms with Gasteiger partial charge in [0.2, 0.25) is 0 Å². The average Bonchev–Trinajstić information content (AvgIpc) is 2.92. The lowest BCUT2D eigenvalue weighted by atomic mass is 10.0. The number of nitrogens with zero attached hydrogens (tertiary/aromatic N) is 1. The van der Waals surface area contributed by atoms with Crippen LogP contribution in [0.25, 0.3) is 5.57 Å². The molecule has 0 radical (unpaired) electrons. The summed E-state index contributed by atoms with van der Waals surface area (Å²) in [5.41, 5.74) is 1.39. The molecule has 2 amide bonds. The molecule has 7 heteroatoms. The molecule has 1 heterocycles. The molecule has 6 nitrogen and oxygen atoms in total. The van der Waals surface area contributed by atoms with Crippen molar-refractivity contribution >= 4 is 23.1 Å². The molecule has 0 bridgehead atoms. The van der Waals surface area contributed by atoms with Crippen molar-refractivity contribution < 1.29 is 23.5 Å². The summed E-state index contributed by atoms with van der Waals surface area (Å²) in [7, 11) is 3.01. The van der Waals surface area contributed by atoms with Crippen LogP contribution in [0.2, 0.25) is 0 Å². The zero-order valence-corrected chi connectivity index (χ0v) is 15.2. The number of anilines is 1. The fraction of sp³-hybridized carbons (Fsp3) is 0.200. The Bertz CT molecular complexity index is 922. The maximum atomic E-state index is 13.2. The predicted octanol–water partition coefficient (Wildman–Crippen LogP) is 3.05. The number of carbonyl (C=O) groups excluding carboxylic acids is 2. The van der Waals surface area contributed by atoms with Gasteiger partial charge in [-0.05, 0) is 48.9 Å². The molecule has 0 spiro atoms. The lowest BCUT2D eigenvalue weighted by Crippen LogP contribution is -2.32. The minimum Gasteiger partial charge on any atom is -0.493 e. The van der Waals surface area contributed by atoms with Gasteiger partial charge in [0.1, 0.15) is 11.5 Å². The zero-order valence-electron chi connectivity index (χ0n) is 15.2. The fourth-order valence-corrected chi connectivity index (χ4v) is 2.92. The monoisotopic (exact) mass is 370 g/mol. The molecule has 3 rings (SSSR count). The first-order valence-corrected chi connectivity index (χ1v) is 8.35. The van der Waals surface area contributed by atoms with Crippen molar-refractivity contribution in [1.82, 2.24) is 4.90 Å². The Morgan fingerprint density at radius 1 is 0.963 bits per heavy atom. The number of carbonyl (C=O) groups is 2. The summed E-state index contributed by atoms with van der Waals surface area (Å²) in [4.78, 5) is 26.7. The first kappa shape index (κ1) is 18.4. The van der Waals surface area contributed by atoms with Gasteiger partial charge in [0.25, 0.3) is 11.8 Å². The van der Waals surface area contributed by atoms with Gasteiger partial charge in [0.15, 0.2) is 11.5 Å². The van der Waals surface area contributed by atoms with Crippen molar-refractivity contribution in [3.05, 3.63) is 59.5 Å². The summed E-state index contributed by atoms with van der Waals surface area (Å²) in [6.45, 7) is 1.96. The van der Waals surface area contributed by atoms with Gasteiger partial charge in [0, 0.05) is 12.2 Å². The third-order valence-corrected chi connectivity index (χ3v) is 4.27. The first-order chi connectivity index (χ1) is 13.0. The van der Waals surface area contributed by atoms with Crippen LogP contribution in [0.1, 0.15) is 12.5 Å². The van der Waals surface area contributed by atoms with Gasteiger partial charge in [0.05, 0.1) is 19.8 Å². The second-order valence-electron chi connectivity index (χ2n) is 5.81. The summed E-state index contributed by atoms with van der Waals surface area (Å²) < 4.78 is 23.7. The molecule has 1 aliphatic heterocycles. The van der Waals surface area contributed by atoms with Gasteiger partial charge in [-0.3, -0.25) is 14.5 Å². The highest BCUT2D eigenvalue weighted by atomic mass is 19.1. The van der Waals surface area contributed by atoms with Crippen LogP contribution in [0.4, 0.5) is 10.1 Å². The van der Waals surface area contributed by atoms with Crippen LogP contribution in [-0.4, -0.2) is 37.5 Å². The van der Waals surface area contributed by atoms with E-state index in [0.717, 1.165) is 4.90 Å². The van der Waals surface area contributed by atoms with Crippen molar-refractivity contribution in [2.75, 3.05) is 26.1 Å². The molecule has 0 atom stereocenters. The fourth-order valence-electron chi connectivity index (χ4n) is 2.92. The molecule has 0 saturated carbocycles. The highest BCUT2D eigenvalue weighted by Gasteiger charge is 2.38. The van der Waals surface area contributed by atoms with Gasteiger partial charge >= 0.3 is 0 Å². The van der Waals surface area contributed by atoms with Crippen LogP contribution in [0, 0.1) is 5.82 Å². The van der Waals surface area contributed by atoms with E-state index in [1.807, 2.05) is 0 Å². The normalized spacial score (nSPS) is 14.0. The van der Waals surface area contributed by atoms with Crippen molar-refractivity contribution in [1.29, 1.82) is 0 Å².